The van der Waals surface area contributed by atoms with Crippen molar-refractivity contribution in [3.8, 4) is 0 Å². The fraction of sp³-hybridized carbons (Fsp3) is 0.417. The predicted octanol–water partition coefficient (Wildman–Crippen LogP) is 1.36. The number of nitrogens with two attached hydrogens (primary N) is 1. The van der Waals surface area contributed by atoms with Gasteiger partial charge in [0.05, 0.1) is 11.0 Å². The zero-order valence-corrected chi connectivity index (χ0v) is 9.00. The summed E-state index contributed by atoms with van der Waals surface area (Å²) in [4.78, 5) is 4.48. The van der Waals surface area contributed by atoms with Crippen LogP contribution in [0.4, 0.5) is 0 Å². The third kappa shape index (κ3) is 1.42. The molecule has 1 unspecified atom stereocenters. The minimum absolute atomic E-state index is 0.218. The number of hydrogen-bond donors (Lipinski definition) is 2. The molecule has 1 aliphatic rings. The van der Waals surface area contributed by atoms with E-state index in [9.17, 15) is 5.11 Å². The van der Waals surface area contributed by atoms with Crippen molar-refractivity contribution in [3.63, 3.8) is 0 Å². The number of hydrogen-bond acceptors (Lipinski definition) is 3. The van der Waals surface area contributed by atoms with Crippen molar-refractivity contribution < 1.29 is 5.11 Å². The van der Waals surface area contributed by atoms with Gasteiger partial charge in [-0.3, -0.25) is 0 Å². The van der Waals surface area contributed by atoms with Crippen molar-refractivity contribution in [2.75, 3.05) is 6.54 Å². The average molecular weight is 217 g/mol. The van der Waals surface area contributed by atoms with Crippen LogP contribution in [0.1, 0.15) is 30.8 Å². The molecule has 1 atom stereocenters. The van der Waals surface area contributed by atoms with Gasteiger partial charge in [0.25, 0.3) is 0 Å². The average Bonchev–Trinajstić information content (AvgIpc) is 3.08. The van der Waals surface area contributed by atoms with Crippen LogP contribution in [-0.2, 0) is 0 Å². The molecule has 1 aliphatic carbocycles. The summed E-state index contributed by atoms with van der Waals surface area (Å²) in [6, 6.07) is 8.49. The Kier molecular flexibility index (Phi) is 2.19. The maximum Gasteiger partial charge on any atom is 0.140 e. The molecule has 84 valence electrons. The first-order chi connectivity index (χ1) is 7.81. The molecule has 16 heavy (non-hydrogen) atoms. The van der Waals surface area contributed by atoms with E-state index in [-0.39, 0.29) is 6.54 Å². The molecule has 1 heterocycles. The lowest BCUT2D eigenvalue weighted by atomic mass is 10.3. The molecule has 1 aromatic heterocycles. The number of benzene rings is 1. The molecule has 3 rings (SSSR count). The van der Waals surface area contributed by atoms with Gasteiger partial charge in [0.1, 0.15) is 11.9 Å². The molecule has 4 nitrogen and oxygen atoms in total. The van der Waals surface area contributed by atoms with Gasteiger partial charge in [-0.2, -0.15) is 0 Å². The second kappa shape index (κ2) is 3.57. The van der Waals surface area contributed by atoms with E-state index < -0.39 is 6.10 Å². The summed E-state index contributed by atoms with van der Waals surface area (Å²) in [6.45, 7) is 0.218. The molecule has 0 radical (unpaired) electrons. The summed E-state index contributed by atoms with van der Waals surface area (Å²) in [7, 11) is 0. The Balaban J connectivity index is 2.22. The van der Waals surface area contributed by atoms with Crippen LogP contribution < -0.4 is 5.73 Å². The zero-order chi connectivity index (χ0) is 11.1. The molecule has 0 spiro atoms. The number of fused-ring (bicyclic) bond motifs is 1. The van der Waals surface area contributed by atoms with Crippen LogP contribution in [-0.4, -0.2) is 21.2 Å². The highest BCUT2D eigenvalue weighted by Crippen LogP contribution is 2.39. The minimum atomic E-state index is -0.659. The van der Waals surface area contributed by atoms with Gasteiger partial charge in [0, 0.05) is 12.6 Å². The summed E-state index contributed by atoms with van der Waals surface area (Å²) in [5.41, 5.74) is 7.56. The van der Waals surface area contributed by atoms with E-state index in [1.165, 1.54) is 12.8 Å². The first-order valence-electron chi connectivity index (χ1n) is 5.66. The van der Waals surface area contributed by atoms with Gasteiger partial charge in [-0.1, -0.05) is 12.1 Å². The number of nitrogens with zero attached hydrogens (tertiary/aromatic N) is 2. The molecule has 2 aromatic rings. The molecular weight excluding hydrogens is 202 g/mol. The van der Waals surface area contributed by atoms with Crippen molar-refractivity contribution in [1.82, 2.24) is 9.55 Å². The number of rotatable bonds is 3. The largest absolute Gasteiger partial charge is 0.384 e. The summed E-state index contributed by atoms with van der Waals surface area (Å²) in [5.74, 6) is 0.714. The molecule has 0 aliphatic heterocycles. The van der Waals surface area contributed by atoms with Crippen molar-refractivity contribution in [1.29, 1.82) is 0 Å². The Bertz CT molecular complexity index is 516. The predicted molar refractivity (Wildman–Crippen MR) is 62.0 cm³/mol. The number of imidazole rings is 1. The van der Waals surface area contributed by atoms with Gasteiger partial charge < -0.3 is 15.4 Å². The summed E-state index contributed by atoms with van der Waals surface area (Å²) < 4.78 is 2.15. The standard InChI is InChI=1S/C12H15N3O/c13-7-11(16)12-14-9-3-1-2-4-10(9)15(12)8-5-6-8/h1-4,8,11,16H,5-7,13H2. The lowest BCUT2D eigenvalue weighted by Gasteiger charge is -2.11. The maximum absolute atomic E-state index is 9.88. The van der Waals surface area contributed by atoms with Gasteiger partial charge in [0.2, 0.25) is 0 Å². The second-order valence-corrected chi connectivity index (χ2v) is 4.31. The Hall–Kier alpha value is -1.39. The Morgan fingerprint density at radius 1 is 1.44 bits per heavy atom. The third-order valence-corrected chi connectivity index (χ3v) is 3.06. The topological polar surface area (TPSA) is 64.1 Å². The fourth-order valence-corrected chi connectivity index (χ4v) is 2.12. The molecule has 1 saturated carbocycles. The zero-order valence-electron chi connectivity index (χ0n) is 9.00. The Morgan fingerprint density at radius 3 is 2.88 bits per heavy atom. The number of aliphatic hydroxyl groups is 1. The van der Waals surface area contributed by atoms with Crippen LogP contribution >= 0.6 is 0 Å². The van der Waals surface area contributed by atoms with Gasteiger partial charge in [-0.25, -0.2) is 4.98 Å². The quantitative estimate of drug-likeness (QED) is 0.816. The molecule has 4 heteroatoms. The minimum Gasteiger partial charge on any atom is -0.384 e. The molecule has 3 N–H and O–H groups in total. The first kappa shape index (κ1) is 9.81. The van der Waals surface area contributed by atoms with Crippen LogP contribution in [0.3, 0.4) is 0 Å². The lowest BCUT2D eigenvalue weighted by Crippen LogP contribution is -2.16. The van der Waals surface area contributed by atoms with E-state index >= 15 is 0 Å². The Morgan fingerprint density at radius 2 is 2.19 bits per heavy atom. The monoisotopic (exact) mass is 217 g/mol. The molecule has 0 bridgehead atoms. The normalized spacial score (nSPS) is 17.9. The van der Waals surface area contributed by atoms with Crippen molar-refractivity contribution in [2.24, 2.45) is 5.73 Å². The van der Waals surface area contributed by atoms with E-state index in [1.54, 1.807) is 0 Å². The van der Waals surface area contributed by atoms with Crippen molar-refractivity contribution in [2.45, 2.75) is 25.0 Å². The van der Waals surface area contributed by atoms with Crippen molar-refractivity contribution >= 4 is 11.0 Å². The summed E-state index contributed by atoms with van der Waals surface area (Å²) in [6.07, 6.45) is 1.68. The van der Waals surface area contributed by atoms with Gasteiger partial charge >= 0.3 is 0 Å². The number of aliphatic hydroxyl groups excluding tert-OH is 1. The van der Waals surface area contributed by atoms with Crippen LogP contribution in [0.15, 0.2) is 24.3 Å². The van der Waals surface area contributed by atoms with E-state index in [1.807, 2.05) is 24.3 Å². The highest BCUT2D eigenvalue weighted by atomic mass is 16.3. The van der Waals surface area contributed by atoms with E-state index in [0.29, 0.717) is 11.9 Å². The Labute approximate surface area is 93.7 Å². The van der Waals surface area contributed by atoms with Gasteiger partial charge in [-0.15, -0.1) is 0 Å². The van der Waals surface area contributed by atoms with Crippen molar-refractivity contribution in [3.05, 3.63) is 30.1 Å². The van der Waals surface area contributed by atoms with Crippen LogP contribution in [0.25, 0.3) is 11.0 Å². The smallest absolute Gasteiger partial charge is 0.140 e. The summed E-state index contributed by atoms with van der Waals surface area (Å²) in [5, 5.41) is 9.88. The van der Waals surface area contributed by atoms with E-state index in [2.05, 4.69) is 9.55 Å². The second-order valence-electron chi connectivity index (χ2n) is 4.31. The number of para-hydroxylation sites is 2. The fourth-order valence-electron chi connectivity index (χ4n) is 2.12. The highest BCUT2D eigenvalue weighted by molar-refractivity contribution is 5.76. The third-order valence-electron chi connectivity index (χ3n) is 3.06. The van der Waals surface area contributed by atoms with Gasteiger partial charge in [0.15, 0.2) is 0 Å². The van der Waals surface area contributed by atoms with Crippen LogP contribution in [0.2, 0.25) is 0 Å². The van der Waals surface area contributed by atoms with E-state index in [4.69, 9.17) is 5.73 Å². The summed E-state index contributed by atoms with van der Waals surface area (Å²) >= 11 is 0. The van der Waals surface area contributed by atoms with E-state index in [0.717, 1.165) is 11.0 Å². The first-order valence-corrected chi connectivity index (χ1v) is 5.66. The maximum atomic E-state index is 9.88. The highest BCUT2D eigenvalue weighted by Gasteiger charge is 2.29. The van der Waals surface area contributed by atoms with Crippen LogP contribution in [0, 0.1) is 0 Å². The SMILES string of the molecule is NCC(O)c1nc2ccccc2n1C1CC1. The lowest BCUT2D eigenvalue weighted by molar-refractivity contribution is 0.172. The molecule has 1 aromatic carbocycles. The van der Waals surface area contributed by atoms with Gasteiger partial charge in [-0.05, 0) is 25.0 Å². The molecule has 1 fully saturated rings. The number of aromatic nitrogens is 2. The van der Waals surface area contributed by atoms with Crippen LogP contribution in [0.5, 0.6) is 0 Å². The molecular formula is C12H15N3O. The molecule has 0 amide bonds. The molecule has 0 saturated heterocycles.